The minimum absolute atomic E-state index is 0. The van der Waals surface area contributed by atoms with Gasteiger partial charge >= 0.3 is 65.2 Å². The van der Waals surface area contributed by atoms with Crippen LogP contribution in [0.25, 0.3) is 0 Å². The van der Waals surface area contributed by atoms with E-state index in [0.29, 0.717) is 0 Å². The Balaban J connectivity index is 0. The monoisotopic (exact) mass is 330 g/mol. The maximum atomic E-state index is 11.4. The van der Waals surface area contributed by atoms with E-state index in [2.05, 4.69) is 4.52 Å². The Morgan fingerprint density at radius 3 is 2.15 bits per heavy atom. The number of Topliss-reactive ketones (excluding diaryl/α,β-unsaturated/α-hetero) is 1. The average molecular weight is 330 g/mol. The van der Waals surface area contributed by atoms with Crippen molar-refractivity contribution < 1.29 is 91.5 Å². The first-order valence-electron chi connectivity index (χ1n) is 4.95. The van der Waals surface area contributed by atoms with Crippen LogP contribution in [0.3, 0.4) is 0 Å². The number of rotatable bonds is 6. The molecule has 0 radical (unpaired) electrons. The third-order valence-electron chi connectivity index (χ3n) is 2.15. The fraction of sp³-hybridized carbons (Fsp3) is 0.200. The van der Waals surface area contributed by atoms with Gasteiger partial charge in [0.05, 0.1) is 5.56 Å². The third-order valence-corrected chi connectivity index (χ3v) is 2.62. The van der Waals surface area contributed by atoms with Crippen molar-refractivity contribution in [1.82, 2.24) is 0 Å². The van der Waals surface area contributed by atoms with Gasteiger partial charge < -0.3 is 21.4 Å². The first-order valence-corrected chi connectivity index (χ1v) is 6.48. The molecular weight excluding hydrogens is 318 g/mol. The molecule has 0 saturated carbocycles. The standard InChI is InChI=1S/C10H11O8P.K.H/c11-8(5-18-19(15,16)17)9(12)6-1-3-7(4-2-6)10(13)14;;/h1-4,9,12H,5H2,(H,13,14)(H2,15,16,17);;/q;+1;-1. The number of benzene rings is 1. The van der Waals surface area contributed by atoms with Gasteiger partial charge in [-0.15, -0.1) is 0 Å². The molecule has 1 unspecified atom stereocenters. The molecule has 0 bridgehead atoms. The Bertz CT molecular complexity index is 528. The van der Waals surface area contributed by atoms with Crippen LogP contribution in [-0.4, -0.2) is 38.4 Å². The molecule has 0 amide bonds. The van der Waals surface area contributed by atoms with Gasteiger partial charge in [-0.2, -0.15) is 0 Å². The van der Waals surface area contributed by atoms with Gasteiger partial charge in [-0.3, -0.25) is 9.32 Å². The van der Waals surface area contributed by atoms with Gasteiger partial charge in [0.15, 0.2) is 5.78 Å². The minimum atomic E-state index is -4.78. The molecule has 0 heterocycles. The smallest absolute Gasteiger partial charge is 1.00 e. The topological polar surface area (TPSA) is 141 Å². The summed E-state index contributed by atoms with van der Waals surface area (Å²) in [6.45, 7) is -0.952. The number of phosphoric acid groups is 1. The van der Waals surface area contributed by atoms with Gasteiger partial charge in [-0.25, -0.2) is 9.36 Å². The summed E-state index contributed by atoms with van der Waals surface area (Å²) in [6.07, 6.45) is -1.64. The van der Waals surface area contributed by atoms with Crippen molar-refractivity contribution in [3.05, 3.63) is 35.4 Å². The van der Waals surface area contributed by atoms with Crippen LogP contribution in [0, 0.1) is 0 Å². The molecule has 106 valence electrons. The normalized spacial score (nSPS) is 12.3. The van der Waals surface area contributed by atoms with E-state index < -0.39 is 32.3 Å². The summed E-state index contributed by atoms with van der Waals surface area (Å²) in [7, 11) is -4.78. The fourth-order valence-electron chi connectivity index (χ4n) is 1.22. The SMILES string of the molecule is O=C(O)c1ccc(C(O)C(=O)COP(=O)(O)O)cc1.[H-].[K+]. The zero-order chi connectivity index (χ0) is 14.6. The molecule has 8 nitrogen and oxygen atoms in total. The number of ketones is 1. The van der Waals surface area contributed by atoms with Crippen molar-refractivity contribution in [2.45, 2.75) is 6.10 Å². The molecule has 4 N–H and O–H groups in total. The molecule has 1 atom stereocenters. The largest absolute Gasteiger partial charge is 1.00 e. The molecule has 0 saturated heterocycles. The van der Waals surface area contributed by atoms with Crippen molar-refractivity contribution in [3.63, 3.8) is 0 Å². The minimum Gasteiger partial charge on any atom is -1.00 e. The maximum absolute atomic E-state index is 11.4. The van der Waals surface area contributed by atoms with Crippen LogP contribution in [0.4, 0.5) is 0 Å². The quantitative estimate of drug-likeness (QED) is 0.324. The summed E-state index contributed by atoms with van der Waals surface area (Å²) in [4.78, 5) is 38.8. The van der Waals surface area contributed by atoms with E-state index in [9.17, 15) is 19.3 Å². The number of hydrogen-bond acceptors (Lipinski definition) is 5. The van der Waals surface area contributed by atoms with Crippen molar-refractivity contribution in [1.29, 1.82) is 0 Å². The number of phosphoric ester groups is 1. The second-order valence-corrected chi connectivity index (χ2v) is 4.80. The van der Waals surface area contributed by atoms with Crippen LogP contribution in [0.1, 0.15) is 23.5 Å². The Morgan fingerprint density at radius 2 is 1.75 bits per heavy atom. The first kappa shape index (κ1) is 20.1. The molecule has 1 rings (SSSR count). The van der Waals surface area contributed by atoms with Crippen molar-refractivity contribution in [2.75, 3.05) is 6.61 Å². The van der Waals surface area contributed by atoms with Gasteiger partial charge in [-0.1, -0.05) is 12.1 Å². The van der Waals surface area contributed by atoms with Gasteiger partial charge in [0.25, 0.3) is 0 Å². The summed E-state index contributed by atoms with van der Waals surface area (Å²) >= 11 is 0. The Hall–Kier alpha value is 0.0664. The summed E-state index contributed by atoms with van der Waals surface area (Å²) < 4.78 is 14.3. The predicted octanol–water partition coefficient (Wildman–Crippen LogP) is -2.79. The van der Waals surface area contributed by atoms with E-state index in [1.165, 1.54) is 24.3 Å². The van der Waals surface area contributed by atoms with Crippen molar-refractivity contribution in [3.8, 4) is 0 Å². The number of aliphatic hydroxyl groups excluding tert-OH is 1. The van der Waals surface area contributed by atoms with E-state index in [1.807, 2.05) is 0 Å². The zero-order valence-corrected chi connectivity index (χ0v) is 14.5. The second kappa shape index (κ2) is 8.49. The zero-order valence-electron chi connectivity index (χ0n) is 11.5. The van der Waals surface area contributed by atoms with Gasteiger partial charge in [0.2, 0.25) is 0 Å². The number of carbonyl (C=O) groups is 2. The van der Waals surface area contributed by atoms with E-state index in [1.54, 1.807) is 0 Å². The van der Waals surface area contributed by atoms with Gasteiger partial charge in [0.1, 0.15) is 12.7 Å². The average Bonchev–Trinajstić information content (AvgIpc) is 2.34. The summed E-state index contributed by atoms with van der Waals surface area (Å²) in [5.74, 6) is -2.11. The van der Waals surface area contributed by atoms with Crippen LogP contribution < -0.4 is 51.4 Å². The molecule has 10 heteroatoms. The van der Waals surface area contributed by atoms with E-state index >= 15 is 0 Å². The van der Waals surface area contributed by atoms with Crippen LogP contribution >= 0.6 is 7.82 Å². The maximum Gasteiger partial charge on any atom is 1.00 e. The molecule has 20 heavy (non-hydrogen) atoms. The van der Waals surface area contributed by atoms with E-state index in [-0.39, 0.29) is 63.9 Å². The van der Waals surface area contributed by atoms with Crippen LogP contribution in [0.15, 0.2) is 24.3 Å². The number of aromatic carboxylic acids is 1. The Labute approximate surface area is 157 Å². The van der Waals surface area contributed by atoms with Gasteiger partial charge in [0, 0.05) is 0 Å². The van der Waals surface area contributed by atoms with Crippen LogP contribution in [0.5, 0.6) is 0 Å². The number of hydrogen-bond donors (Lipinski definition) is 4. The molecule has 0 fully saturated rings. The summed E-state index contributed by atoms with van der Waals surface area (Å²) in [5.41, 5.74) is 0.0826. The second-order valence-electron chi connectivity index (χ2n) is 3.56. The van der Waals surface area contributed by atoms with E-state index in [4.69, 9.17) is 14.9 Å². The van der Waals surface area contributed by atoms with Gasteiger partial charge in [-0.05, 0) is 17.7 Å². The first-order chi connectivity index (χ1) is 8.70. The van der Waals surface area contributed by atoms with Crippen LogP contribution in [-0.2, 0) is 13.9 Å². The number of aliphatic hydroxyl groups is 1. The number of carbonyl (C=O) groups excluding carboxylic acids is 1. The van der Waals surface area contributed by atoms with Crippen molar-refractivity contribution >= 4 is 19.6 Å². The molecule has 0 aliphatic carbocycles. The molecular formula is C10H12KO8P. The molecule has 0 aliphatic rings. The molecule has 0 spiro atoms. The Kier molecular flexibility index (Phi) is 8.52. The predicted molar refractivity (Wildman–Crippen MR) is 62.5 cm³/mol. The summed E-state index contributed by atoms with van der Waals surface area (Å²) in [6, 6.07) is 4.84. The molecule has 1 aromatic carbocycles. The van der Waals surface area contributed by atoms with Crippen molar-refractivity contribution in [2.24, 2.45) is 0 Å². The number of carboxylic acid groups (broad SMARTS) is 1. The third kappa shape index (κ3) is 6.68. The van der Waals surface area contributed by atoms with Crippen LogP contribution in [0.2, 0.25) is 0 Å². The summed E-state index contributed by atoms with van der Waals surface area (Å²) in [5, 5.41) is 18.2. The molecule has 0 aliphatic heterocycles. The molecule has 1 aromatic rings. The number of carboxylic acids is 1. The van der Waals surface area contributed by atoms with E-state index in [0.717, 1.165) is 0 Å². The Morgan fingerprint density at radius 1 is 1.25 bits per heavy atom. The molecule has 0 aromatic heterocycles. The fourth-order valence-corrected chi connectivity index (χ4v) is 1.52.